The summed E-state index contributed by atoms with van der Waals surface area (Å²) in [5, 5.41) is 10.9. The Labute approximate surface area is 135 Å². The minimum absolute atomic E-state index is 0.159. The molecule has 0 aromatic heterocycles. The Morgan fingerprint density at radius 3 is 2.50 bits per heavy atom. The highest BCUT2D eigenvalue weighted by molar-refractivity contribution is 5.07. The van der Waals surface area contributed by atoms with Crippen molar-refractivity contribution in [1.29, 1.82) is 0 Å². The third-order valence-electron chi connectivity index (χ3n) is 6.41. The van der Waals surface area contributed by atoms with E-state index in [4.69, 9.17) is 0 Å². The summed E-state index contributed by atoms with van der Waals surface area (Å²) in [4.78, 5) is 10.0. The van der Waals surface area contributed by atoms with Crippen molar-refractivity contribution < 1.29 is 5.11 Å². The van der Waals surface area contributed by atoms with Gasteiger partial charge in [0.15, 0.2) is 0 Å². The summed E-state index contributed by atoms with van der Waals surface area (Å²) in [5.74, 6) is 0.419. The van der Waals surface area contributed by atoms with E-state index in [9.17, 15) is 5.11 Å². The Kier molecular flexibility index (Phi) is 4.82. The van der Waals surface area contributed by atoms with Crippen LogP contribution in [0.1, 0.15) is 33.1 Å². The maximum absolute atomic E-state index is 10.9. The van der Waals surface area contributed by atoms with Crippen molar-refractivity contribution in [1.82, 2.24) is 19.6 Å². The van der Waals surface area contributed by atoms with E-state index in [2.05, 4.69) is 47.5 Å². The van der Waals surface area contributed by atoms with Crippen molar-refractivity contribution in [3.05, 3.63) is 0 Å². The molecule has 22 heavy (non-hydrogen) atoms. The van der Waals surface area contributed by atoms with Gasteiger partial charge in [0.2, 0.25) is 0 Å². The lowest BCUT2D eigenvalue weighted by Crippen LogP contribution is -2.69. The largest absolute Gasteiger partial charge is 0.393 e. The lowest BCUT2D eigenvalue weighted by Gasteiger charge is -2.59. The predicted octanol–water partition coefficient (Wildman–Crippen LogP) is 0.704. The minimum atomic E-state index is -0.159. The highest BCUT2D eigenvalue weighted by atomic mass is 16.3. The summed E-state index contributed by atoms with van der Waals surface area (Å²) in [6.45, 7) is 11.0. The van der Waals surface area contributed by atoms with Gasteiger partial charge in [0.1, 0.15) is 0 Å². The van der Waals surface area contributed by atoms with Crippen LogP contribution in [-0.4, -0.2) is 96.0 Å². The van der Waals surface area contributed by atoms with Crippen LogP contribution in [-0.2, 0) is 0 Å². The minimum Gasteiger partial charge on any atom is -0.393 e. The Morgan fingerprint density at radius 2 is 1.82 bits per heavy atom. The van der Waals surface area contributed by atoms with Crippen LogP contribution < -0.4 is 0 Å². The fraction of sp³-hybridized carbons (Fsp3) is 1.00. The highest BCUT2D eigenvalue weighted by Crippen LogP contribution is 2.44. The number of aliphatic hydroxyl groups is 1. The maximum atomic E-state index is 10.9. The van der Waals surface area contributed by atoms with Crippen molar-refractivity contribution in [3.8, 4) is 0 Å². The van der Waals surface area contributed by atoms with Crippen LogP contribution in [0.25, 0.3) is 0 Å². The number of aliphatic hydroxyl groups excluding tert-OH is 1. The Balaban J connectivity index is 1.84. The Morgan fingerprint density at radius 1 is 1.05 bits per heavy atom. The molecule has 5 heteroatoms. The summed E-state index contributed by atoms with van der Waals surface area (Å²) in [5.41, 5.74) is 0.213. The normalized spacial score (nSPS) is 42.7. The van der Waals surface area contributed by atoms with E-state index in [1.807, 2.05) is 0 Å². The molecule has 0 radical (unpaired) electrons. The first-order valence-electron chi connectivity index (χ1n) is 9.03. The second-order valence-electron chi connectivity index (χ2n) is 7.84. The quantitative estimate of drug-likeness (QED) is 0.812. The average Bonchev–Trinajstić information content (AvgIpc) is 2.50. The van der Waals surface area contributed by atoms with E-state index in [-0.39, 0.29) is 11.6 Å². The molecule has 2 saturated heterocycles. The molecule has 1 saturated carbocycles. The molecular weight excluding hydrogens is 276 g/mol. The molecule has 128 valence electrons. The van der Waals surface area contributed by atoms with E-state index >= 15 is 0 Å². The molecule has 0 aromatic rings. The first-order valence-corrected chi connectivity index (χ1v) is 9.03. The van der Waals surface area contributed by atoms with Gasteiger partial charge in [0, 0.05) is 30.6 Å². The molecule has 1 aliphatic carbocycles. The first kappa shape index (κ1) is 16.7. The van der Waals surface area contributed by atoms with Crippen molar-refractivity contribution in [2.45, 2.75) is 50.8 Å². The predicted molar refractivity (Wildman–Crippen MR) is 89.6 cm³/mol. The van der Waals surface area contributed by atoms with Crippen LogP contribution >= 0.6 is 0 Å². The number of hydrogen-bond acceptors (Lipinski definition) is 5. The van der Waals surface area contributed by atoms with Gasteiger partial charge < -0.3 is 5.11 Å². The second-order valence-corrected chi connectivity index (χ2v) is 7.84. The van der Waals surface area contributed by atoms with Gasteiger partial charge in [-0.1, -0.05) is 13.8 Å². The SMILES string of the molecule is CCN1CN(C)CC2C(O)CC3(CCN(C)CN3CC)CC21. The summed E-state index contributed by atoms with van der Waals surface area (Å²) < 4.78 is 0. The summed E-state index contributed by atoms with van der Waals surface area (Å²) in [6.07, 6.45) is 3.23. The van der Waals surface area contributed by atoms with Gasteiger partial charge in [-0.3, -0.25) is 19.6 Å². The Hall–Kier alpha value is -0.200. The van der Waals surface area contributed by atoms with Crippen molar-refractivity contribution in [2.75, 3.05) is 53.6 Å². The van der Waals surface area contributed by atoms with E-state index < -0.39 is 0 Å². The molecule has 1 N–H and O–H groups in total. The molecule has 3 fully saturated rings. The van der Waals surface area contributed by atoms with Crippen molar-refractivity contribution in [3.63, 3.8) is 0 Å². The molecule has 5 nitrogen and oxygen atoms in total. The number of nitrogens with zero attached hydrogens (tertiary/aromatic N) is 4. The molecule has 0 aromatic carbocycles. The van der Waals surface area contributed by atoms with Gasteiger partial charge in [-0.25, -0.2) is 0 Å². The van der Waals surface area contributed by atoms with Gasteiger partial charge >= 0.3 is 0 Å². The van der Waals surface area contributed by atoms with Gasteiger partial charge in [-0.15, -0.1) is 0 Å². The third kappa shape index (κ3) is 2.82. The summed E-state index contributed by atoms with van der Waals surface area (Å²) in [6, 6.07) is 0.544. The number of fused-ring (bicyclic) bond motifs is 1. The molecule has 0 bridgehead atoms. The molecule has 4 atom stereocenters. The van der Waals surface area contributed by atoms with E-state index in [0.29, 0.717) is 12.0 Å². The number of hydrogen-bond donors (Lipinski definition) is 1. The Bertz CT molecular complexity index is 393. The van der Waals surface area contributed by atoms with Crippen LogP contribution in [0.3, 0.4) is 0 Å². The molecule has 2 aliphatic heterocycles. The van der Waals surface area contributed by atoms with Crippen molar-refractivity contribution in [2.24, 2.45) is 5.92 Å². The standard InChI is InChI=1S/C17H34N4O/c1-5-20-12-19(4)11-14-15(20)9-17(10-16(14)22)7-8-18(3)13-21(17)6-2/h14-16,22H,5-13H2,1-4H3. The van der Waals surface area contributed by atoms with E-state index in [1.165, 1.54) is 12.8 Å². The van der Waals surface area contributed by atoms with Crippen LogP contribution in [0.5, 0.6) is 0 Å². The van der Waals surface area contributed by atoms with E-state index in [1.54, 1.807) is 0 Å². The van der Waals surface area contributed by atoms with Crippen LogP contribution in [0.15, 0.2) is 0 Å². The zero-order valence-corrected chi connectivity index (χ0v) is 14.8. The molecular formula is C17H34N4O. The van der Waals surface area contributed by atoms with Crippen LogP contribution in [0, 0.1) is 5.92 Å². The second kappa shape index (κ2) is 6.36. The zero-order valence-electron chi connectivity index (χ0n) is 14.8. The maximum Gasteiger partial charge on any atom is 0.0613 e. The van der Waals surface area contributed by atoms with Gasteiger partial charge in [0.25, 0.3) is 0 Å². The molecule has 1 spiro atoms. The van der Waals surface area contributed by atoms with Crippen molar-refractivity contribution >= 4 is 0 Å². The zero-order chi connectivity index (χ0) is 15.9. The van der Waals surface area contributed by atoms with Crippen LogP contribution in [0.4, 0.5) is 0 Å². The van der Waals surface area contributed by atoms with Gasteiger partial charge in [-0.05, 0) is 46.4 Å². The highest BCUT2D eigenvalue weighted by Gasteiger charge is 2.52. The first-order chi connectivity index (χ1) is 10.5. The van der Waals surface area contributed by atoms with Gasteiger partial charge in [-0.2, -0.15) is 0 Å². The molecule has 2 heterocycles. The molecule has 4 unspecified atom stereocenters. The lowest BCUT2D eigenvalue weighted by atomic mass is 9.67. The number of rotatable bonds is 2. The molecule has 0 amide bonds. The monoisotopic (exact) mass is 310 g/mol. The van der Waals surface area contributed by atoms with Gasteiger partial charge in [0.05, 0.1) is 19.4 Å². The fourth-order valence-corrected chi connectivity index (χ4v) is 5.20. The smallest absolute Gasteiger partial charge is 0.0613 e. The lowest BCUT2D eigenvalue weighted by molar-refractivity contribution is -0.138. The average molecular weight is 310 g/mol. The third-order valence-corrected chi connectivity index (χ3v) is 6.41. The topological polar surface area (TPSA) is 33.2 Å². The molecule has 3 aliphatic rings. The molecule has 3 rings (SSSR count). The van der Waals surface area contributed by atoms with E-state index in [0.717, 1.165) is 45.9 Å². The summed E-state index contributed by atoms with van der Waals surface area (Å²) >= 11 is 0. The fourth-order valence-electron chi connectivity index (χ4n) is 5.20. The van der Waals surface area contributed by atoms with Crippen LogP contribution in [0.2, 0.25) is 0 Å². The summed E-state index contributed by atoms with van der Waals surface area (Å²) in [7, 11) is 4.40.